The zero-order valence-electron chi connectivity index (χ0n) is 14.3. The molecule has 0 aliphatic carbocycles. The number of nitrogen functional groups attached to an aromatic ring is 1. The third-order valence-electron chi connectivity index (χ3n) is 4.40. The summed E-state index contributed by atoms with van der Waals surface area (Å²) >= 11 is 1.25. The second kappa shape index (κ2) is 6.83. The lowest BCUT2D eigenvalue weighted by molar-refractivity contribution is 0.0789. The van der Waals surface area contributed by atoms with Crippen LogP contribution in [0.5, 0.6) is 0 Å². The standard InChI is InChI=1S/C17H19N7OS/c1-10(11-5-4-6-19-9-11)20-17-21-12(15(25)24-7-2-3-8-24)13-14(23-17)22-16(18)26-13/h4-6,9-10H,2-3,7-8H2,1H3,(H3,18,20,21,22,23)/t10-/m0/s1. The van der Waals surface area contributed by atoms with Crippen molar-refractivity contribution in [1.82, 2.24) is 24.8 Å². The van der Waals surface area contributed by atoms with Crippen LogP contribution in [0.25, 0.3) is 10.3 Å². The molecule has 0 unspecified atom stereocenters. The summed E-state index contributed by atoms with van der Waals surface area (Å²) in [5.74, 6) is 0.275. The number of nitrogens with two attached hydrogens (primary N) is 1. The number of nitrogens with zero attached hydrogens (tertiary/aromatic N) is 5. The molecule has 26 heavy (non-hydrogen) atoms. The number of thiazole rings is 1. The van der Waals surface area contributed by atoms with Crippen LogP contribution in [0.4, 0.5) is 11.1 Å². The second-order valence-corrected chi connectivity index (χ2v) is 7.28. The summed E-state index contributed by atoms with van der Waals surface area (Å²) in [6.45, 7) is 3.50. The first-order valence-corrected chi connectivity index (χ1v) is 9.33. The van der Waals surface area contributed by atoms with Crippen LogP contribution >= 0.6 is 11.3 Å². The minimum atomic E-state index is -0.0874. The highest BCUT2D eigenvalue weighted by atomic mass is 32.1. The lowest BCUT2D eigenvalue weighted by Crippen LogP contribution is -2.29. The van der Waals surface area contributed by atoms with Crippen LogP contribution in [0.1, 0.15) is 41.9 Å². The van der Waals surface area contributed by atoms with Crippen LogP contribution in [-0.2, 0) is 0 Å². The van der Waals surface area contributed by atoms with E-state index in [1.807, 2.05) is 24.0 Å². The lowest BCUT2D eigenvalue weighted by atomic mass is 10.1. The van der Waals surface area contributed by atoms with Crippen LogP contribution in [0, 0.1) is 0 Å². The van der Waals surface area contributed by atoms with Crippen molar-refractivity contribution in [2.24, 2.45) is 0 Å². The van der Waals surface area contributed by atoms with Crippen molar-refractivity contribution >= 4 is 38.7 Å². The number of fused-ring (bicyclic) bond motifs is 1. The number of nitrogens with one attached hydrogen (secondary N) is 1. The number of amides is 1. The molecule has 1 fully saturated rings. The highest BCUT2D eigenvalue weighted by Gasteiger charge is 2.25. The van der Waals surface area contributed by atoms with E-state index in [9.17, 15) is 4.79 Å². The molecule has 1 atom stereocenters. The number of likely N-dealkylation sites (tertiary alicyclic amines) is 1. The van der Waals surface area contributed by atoms with Crippen LogP contribution in [0.2, 0.25) is 0 Å². The van der Waals surface area contributed by atoms with E-state index in [4.69, 9.17) is 5.73 Å². The van der Waals surface area contributed by atoms with E-state index in [0.29, 0.717) is 27.1 Å². The van der Waals surface area contributed by atoms with Crippen molar-refractivity contribution < 1.29 is 4.79 Å². The fourth-order valence-electron chi connectivity index (χ4n) is 3.03. The smallest absolute Gasteiger partial charge is 0.274 e. The minimum absolute atomic E-state index is 0.0631. The lowest BCUT2D eigenvalue weighted by Gasteiger charge is -2.17. The predicted molar refractivity (Wildman–Crippen MR) is 101 cm³/mol. The van der Waals surface area contributed by atoms with Crippen molar-refractivity contribution in [2.75, 3.05) is 24.1 Å². The molecule has 8 nitrogen and oxygen atoms in total. The van der Waals surface area contributed by atoms with Crippen LogP contribution in [0.15, 0.2) is 24.5 Å². The molecule has 9 heteroatoms. The number of hydrogen-bond acceptors (Lipinski definition) is 8. The molecular formula is C17H19N7OS. The van der Waals surface area contributed by atoms with Gasteiger partial charge in [-0.15, -0.1) is 0 Å². The van der Waals surface area contributed by atoms with E-state index < -0.39 is 0 Å². The summed E-state index contributed by atoms with van der Waals surface area (Å²) in [6, 6.07) is 3.79. The Bertz CT molecular complexity index is 937. The van der Waals surface area contributed by atoms with E-state index in [1.165, 1.54) is 11.3 Å². The molecule has 0 saturated carbocycles. The maximum atomic E-state index is 12.9. The van der Waals surface area contributed by atoms with Crippen molar-refractivity contribution in [3.05, 3.63) is 35.8 Å². The molecule has 1 amide bonds. The van der Waals surface area contributed by atoms with Gasteiger partial charge in [-0.2, -0.15) is 4.98 Å². The SMILES string of the molecule is C[C@H](Nc1nc(C(=O)N2CCCC2)c2sc(N)nc2n1)c1cccnc1. The number of anilines is 2. The number of aromatic nitrogens is 4. The van der Waals surface area contributed by atoms with Crippen LogP contribution < -0.4 is 11.1 Å². The van der Waals surface area contributed by atoms with Gasteiger partial charge in [-0.25, -0.2) is 9.97 Å². The van der Waals surface area contributed by atoms with Gasteiger partial charge in [-0.3, -0.25) is 9.78 Å². The molecule has 4 rings (SSSR count). The average Bonchev–Trinajstić information content (AvgIpc) is 3.30. The maximum Gasteiger partial charge on any atom is 0.274 e. The monoisotopic (exact) mass is 369 g/mol. The molecular weight excluding hydrogens is 350 g/mol. The Labute approximate surface area is 154 Å². The summed E-state index contributed by atoms with van der Waals surface area (Å²) in [5, 5.41) is 3.61. The number of carbonyl (C=O) groups excluding carboxylic acids is 1. The molecule has 3 N–H and O–H groups in total. The summed E-state index contributed by atoms with van der Waals surface area (Å²) in [4.78, 5) is 32.1. The first kappa shape index (κ1) is 16.6. The first-order valence-electron chi connectivity index (χ1n) is 8.51. The van der Waals surface area contributed by atoms with Gasteiger partial charge in [0.25, 0.3) is 5.91 Å². The van der Waals surface area contributed by atoms with Gasteiger partial charge in [0, 0.05) is 25.5 Å². The molecule has 4 heterocycles. The molecule has 1 saturated heterocycles. The Morgan fingerprint density at radius 3 is 2.85 bits per heavy atom. The molecule has 0 bridgehead atoms. The molecule has 134 valence electrons. The fraction of sp³-hybridized carbons (Fsp3) is 0.353. The van der Waals surface area contributed by atoms with Crippen LogP contribution in [0.3, 0.4) is 0 Å². The van der Waals surface area contributed by atoms with Gasteiger partial charge in [0.05, 0.1) is 6.04 Å². The topological polar surface area (TPSA) is 110 Å². The number of hydrogen-bond donors (Lipinski definition) is 2. The predicted octanol–water partition coefficient (Wildman–Crippen LogP) is 2.47. The number of carbonyl (C=O) groups is 1. The molecule has 3 aromatic heterocycles. The molecule has 0 spiro atoms. The second-order valence-electron chi connectivity index (χ2n) is 6.25. The van der Waals surface area contributed by atoms with Crippen molar-refractivity contribution in [2.45, 2.75) is 25.8 Å². The normalized spacial score (nSPS) is 15.3. The third kappa shape index (κ3) is 3.17. The minimum Gasteiger partial charge on any atom is -0.375 e. The first-order chi connectivity index (χ1) is 12.6. The van der Waals surface area contributed by atoms with E-state index in [0.717, 1.165) is 31.5 Å². The van der Waals surface area contributed by atoms with E-state index in [-0.39, 0.29) is 11.9 Å². The highest BCUT2D eigenvalue weighted by molar-refractivity contribution is 7.22. The van der Waals surface area contributed by atoms with Gasteiger partial charge in [-0.05, 0) is 31.4 Å². The van der Waals surface area contributed by atoms with Gasteiger partial charge in [0.15, 0.2) is 16.5 Å². The number of pyridine rings is 1. The number of rotatable bonds is 4. The molecule has 3 aromatic rings. The Hall–Kier alpha value is -2.81. The largest absolute Gasteiger partial charge is 0.375 e. The zero-order valence-corrected chi connectivity index (χ0v) is 15.2. The Balaban J connectivity index is 1.70. The van der Waals surface area contributed by atoms with Crippen molar-refractivity contribution in [3.63, 3.8) is 0 Å². The van der Waals surface area contributed by atoms with Gasteiger partial charge < -0.3 is 16.0 Å². The van der Waals surface area contributed by atoms with E-state index >= 15 is 0 Å². The summed E-state index contributed by atoms with van der Waals surface area (Å²) in [7, 11) is 0. The fourth-order valence-corrected chi connectivity index (χ4v) is 3.78. The van der Waals surface area contributed by atoms with Crippen LogP contribution in [-0.4, -0.2) is 43.8 Å². The summed E-state index contributed by atoms with van der Waals surface area (Å²) in [6.07, 6.45) is 5.55. The highest BCUT2D eigenvalue weighted by Crippen LogP contribution is 2.28. The molecule has 0 aromatic carbocycles. The van der Waals surface area contributed by atoms with Crippen molar-refractivity contribution in [1.29, 1.82) is 0 Å². The van der Waals surface area contributed by atoms with Gasteiger partial charge in [0.1, 0.15) is 4.70 Å². The van der Waals surface area contributed by atoms with Gasteiger partial charge in [0.2, 0.25) is 5.95 Å². The van der Waals surface area contributed by atoms with Crippen molar-refractivity contribution in [3.8, 4) is 0 Å². The average molecular weight is 369 g/mol. The summed E-state index contributed by atoms with van der Waals surface area (Å²) in [5.41, 5.74) is 7.66. The summed E-state index contributed by atoms with van der Waals surface area (Å²) < 4.78 is 0.638. The Morgan fingerprint density at radius 1 is 1.31 bits per heavy atom. The Kier molecular flexibility index (Phi) is 4.37. The molecule has 1 aliphatic heterocycles. The Morgan fingerprint density at radius 2 is 2.12 bits per heavy atom. The quantitative estimate of drug-likeness (QED) is 0.727. The maximum absolute atomic E-state index is 12.9. The molecule has 1 aliphatic rings. The van der Waals surface area contributed by atoms with E-state index in [1.54, 1.807) is 12.4 Å². The molecule has 0 radical (unpaired) electrons. The third-order valence-corrected chi connectivity index (χ3v) is 5.28. The van der Waals surface area contributed by atoms with Gasteiger partial charge in [-0.1, -0.05) is 17.4 Å². The van der Waals surface area contributed by atoms with E-state index in [2.05, 4.69) is 25.3 Å². The zero-order chi connectivity index (χ0) is 18.1. The van der Waals surface area contributed by atoms with Gasteiger partial charge >= 0.3 is 0 Å².